The number of esters is 1. The van der Waals surface area contributed by atoms with Gasteiger partial charge in [-0.1, -0.05) is 91.2 Å². The lowest BCUT2D eigenvalue weighted by atomic mass is 9.96. The van der Waals surface area contributed by atoms with E-state index in [9.17, 15) is 9.90 Å². The molecule has 0 aliphatic rings. The maximum atomic E-state index is 11.6. The second kappa shape index (κ2) is 16.4. The van der Waals surface area contributed by atoms with E-state index in [1.165, 1.54) is 70.6 Å². The fraction of sp³-hybridized carbons (Fsp3) is 0.870. The van der Waals surface area contributed by atoms with Gasteiger partial charge in [-0.25, -0.2) is 0 Å². The molecule has 3 heteroatoms. The van der Waals surface area contributed by atoms with Crippen LogP contribution >= 0.6 is 0 Å². The van der Waals surface area contributed by atoms with Crippen LogP contribution in [0.5, 0.6) is 0 Å². The zero-order valence-corrected chi connectivity index (χ0v) is 17.9. The van der Waals surface area contributed by atoms with Gasteiger partial charge in [0.05, 0.1) is 0 Å². The Morgan fingerprint density at radius 1 is 0.846 bits per heavy atom. The van der Waals surface area contributed by atoms with Crippen molar-refractivity contribution >= 4 is 5.97 Å². The summed E-state index contributed by atoms with van der Waals surface area (Å²) in [7, 11) is 0. The van der Waals surface area contributed by atoms with Crippen LogP contribution in [0.15, 0.2) is 12.2 Å². The molecule has 0 heterocycles. The Balaban J connectivity index is 3.35. The average Bonchev–Trinajstić information content (AvgIpc) is 2.57. The number of hydrogen-bond donors (Lipinski definition) is 1. The van der Waals surface area contributed by atoms with Crippen LogP contribution < -0.4 is 0 Å². The molecule has 0 aliphatic carbocycles. The van der Waals surface area contributed by atoms with E-state index < -0.39 is 11.7 Å². The summed E-state index contributed by atoms with van der Waals surface area (Å²) in [6, 6.07) is 0. The van der Waals surface area contributed by atoms with Gasteiger partial charge in [-0.3, -0.25) is 4.79 Å². The molecule has 1 N–H and O–H groups in total. The molecule has 0 bridgehead atoms. The molecule has 154 valence electrons. The number of aliphatic hydroxyl groups is 1. The van der Waals surface area contributed by atoms with E-state index in [2.05, 4.69) is 19.1 Å². The summed E-state index contributed by atoms with van der Waals surface area (Å²) < 4.78 is 5.04. The molecule has 0 saturated carbocycles. The zero-order valence-electron chi connectivity index (χ0n) is 17.9. The summed E-state index contributed by atoms with van der Waals surface area (Å²) in [6.07, 6.45) is 20.2. The molecule has 0 rings (SSSR count). The summed E-state index contributed by atoms with van der Waals surface area (Å²) in [5.41, 5.74) is -0.418. The molecule has 0 aromatic carbocycles. The molecular weight excluding hydrogens is 324 g/mol. The normalized spacial score (nSPS) is 13.3. The quantitative estimate of drug-likeness (QED) is 0.139. The first kappa shape index (κ1) is 25.2. The third kappa shape index (κ3) is 16.6. The Morgan fingerprint density at radius 3 is 1.81 bits per heavy atom. The SMILES string of the molecule is CCCCCCCC/C=C\CCCCCCCC(=O)OC(O)C(C)(C)C. The first-order valence-electron chi connectivity index (χ1n) is 10.9. The smallest absolute Gasteiger partial charge is 0.308 e. The lowest BCUT2D eigenvalue weighted by Gasteiger charge is -2.25. The highest BCUT2D eigenvalue weighted by Crippen LogP contribution is 2.20. The summed E-state index contributed by atoms with van der Waals surface area (Å²) in [5, 5.41) is 9.73. The molecule has 0 spiro atoms. The van der Waals surface area contributed by atoms with E-state index in [-0.39, 0.29) is 5.97 Å². The lowest BCUT2D eigenvalue weighted by molar-refractivity contribution is -0.186. The predicted octanol–water partition coefficient (Wildman–Crippen LogP) is 6.93. The molecule has 0 radical (unpaired) electrons. The van der Waals surface area contributed by atoms with Gasteiger partial charge in [0.2, 0.25) is 6.29 Å². The van der Waals surface area contributed by atoms with Gasteiger partial charge in [0, 0.05) is 11.8 Å². The van der Waals surface area contributed by atoms with Gasteiger partial charge in [0.1, 0.15) is 0 Å². The molecule has 0 aliphatic heterocycles. The van der Waals surface area contributed by atoms with Crippen molar-refractivity contribution in [1.29, 1.82) is 0 Å². The third-order valence-electron chi connectivity index (χ3n) is 4.63. The van der Waals surface area contributed by atoms with Crippen LogP contribution in [0.1, 0.15) is 118 Å². The number of carbonyl (C=O) groups excluding carboxylic acids is 1. The third-order valence-corrected chi connectivity index (χ3v) is 4.63. The summed E-state index contributed by atoms with van der Waals surface area (Å²) in [4.78, 5) is 11.6. The standard InChI is InChI=1S/C23H44O3/c1-5-6-7-8-9-10-11-12-13-14-15-16-17-18-19-20-21(24)26-22(25)23(2,3)4/h12-13,22,25H,5-11,14-20H2,1-4H3/b13-12-. The van der Waals surface area contributed by atoms with Crippen LogP contribution in [0.25, 0.3) is 0 Å². The molecule has 0 aromatic heterocycles. The minimum atomic E-state index is -1.02. The van der Waals surface area contributed by atoms with Crippen molar-refractivity contribution in [2.24, 2.45) is 5.41 Å². The van der Waals surface area contributed by atoms with Crippen molar-refractivity contribution in [2.45, 2.75) is 124 Å². The summed E-state index contributed by atoms with van der Waals surface area (Å²) in [6.45, 7) is 7.82. The van der Waals surface area contributed by atoms with Crippen molar-refractivity contribution in [3.63, 3.8) is 0 Å². The van der Waals surface area contributed by atoms with Crippen LogP contribution in [-0.4, -0.2) is 17.4 Å². The minimum absolute atomic E-state index is 0.287. The topological polar surface area (TPSA) is 46.5 Å². The van der Waals surface area contributed by atoms with Crippen LogP contribution in [0.2, 0.25) is 0 Å². The highest BCUT2D eigenvalue weighted by atomic mass is 16.6. The lowest BCUT2D eigenvalue weighted by Crippen LogP contribution is -2.31. The monoisotopic (exact) mass is 368 g/mol. The molecule has 1 unspecified atom stereocenters. The van der Waals surface area contributed by atoms with Gasteiger partial charge < -0.3 is 9.84 Å². The molecule has 0 aromatic rings. The largest absolute Gasteiger partial charge is 0.435 e. The second-order valence-corrected chi connectivity index (χ2v) is 8.54. The van der Waals surface area contributed by atoms with Crippen molar-refractivity contribution in [1.82, 2.24) is 0 Å². The van der Waals surface area contributed by atoms with E-state index in [1.54, 1.807) is 0 Å². The Labute approximate surface area is 162 Å². The Hall–Kier alpha value is -0.830. The molecule has 0 amide bonds. The molecular formula is C23H44O3. The number of carbonyl (C=O) groups is 1. The number of hydrogen-bond acceptors (Lipinski definition) is 3. The molecule has 0 fully saturated rings. The van der Waals surface area contributed by atoms with Crippen LogP contribution in [0, 0.1) is 5.41 Å². The zero-order chi connectivity index (χ0) is 19.7. The van der Waals surface area contributed by atoms with Gasteiger partial charge in [0.15, 0.2) is 0 Å². The Morgan fingerprint density at radius 2 is 1.31 bits per heavy atom. The number of unbranched alkanes of at least 4 members (excludes halogenated alkanes) is 11. The number of allylic oxidation sites excluding steroid dienone is 2. The number of ether oxygens (including phenoxy) is 1. The Kier molecular flexibility index (Phi) is 15.8. The van der Waals surface area contributed by atoms with Crippen molar-refractivity contribution in [3.05, 3.63) is 12.2 Å². The first-order valence-corrected chi connectivity index (χ1v) is 10.9. The maximum absolute atomic E-state index is 11.6. The first-order chi connectivity index (χ1) is 12.4. The summed E-state index contributed by atoms with van der Waals surface area (Å²) >= 11 is 0. The molecule has 3 nitrogen and oxygen atoms in total. The van der Waals surface area contributed by atoms with Crippen LogP contribution in [0.4, 0.5) is 0 Å². The maximum Gasteiger partial charge on any atom is 0.308 e. The van der Waals surface area contributed by atoms with Crippen molar-refractivity contribution in [3.8, 4) is 0 Å². The molecule has 26 heavy (non-hydrogen) atoms. The Bertz CT molecular complexity index is 355. The van der Waals surface area contributed by atoms with E-state index in [0.29, 0.717) is 6.42 Å². The molecule has 1 atom stereocenters. The predicted molar refractivity (Wildman–Crippen MR) is 111 cm³/mol. The minimum Gasteiger partial charge on any atom is -0.435 e. The van der Waals surface area contributed by atoms with Crippen LogP contribution in [-0.2, 0) is 9.53 Å². The van der Waals surface area contributed by atoms with E-state index >= 15 is 0 Å². The van der Waals surface area contributed by atoms with E-state index in [0.717, 1.165) is 12.8 Å². The number of aliphatic hydroxyl groups excluding tert-OH is 1. The number of rotatable bonds is 16. The van der Waals surface area contributed by atoms with E-state index in [4.69, 9.17) is 4.74 Å². The highest BCUT2D eigenvalue weighted by Gasteiger charge is 2.25. The highest BCUT2D eigenvalue weighted by molar-refractivity contribution is 5.69. The molecule has 0 saturated heterocycles. The van der Waals surface area contributed by atoms with E-state index in [1.807, 2.05) is 20.8 Å². The fourth-order valence-electron chi connectivity index (χ4n) is 2.70. The van der Waals surface area contributed by atoms with Crippen molar-refractivity contribution in [2.75, 3.05) is 0 Å². The van der Waals surface area contributed by atoms with Gasteiger partial charge in [-0.2, -0.15) is 0 Å². The van der Waals surface area contributed by atoms with Gasteiger partial charge in [-0.05, 0) is 32.1 Å². The average molecular weight is 369 g/mol. The second-order valence-electron chi connectivity index (χ2n) is 8.54. The van der Waals surface area contributed by atoms with Crippen molar-refractivity contribution < 1.29 is 14.6 Å². The summed E-state index contributed by atoms with van der Waals surface area (Å²) in [5.74, 6) is -0.287. The van der Waals surface area contributed by atoms with Gasteiger partial charge in [0.25, 0.3) is 0 Å². The van der Waals surface area contributed by atoms with Crippen LogP contribution in [0.3, 0.4) is 0 Å². The van der Waals surface area contributed by atoms with Gasteiger partial charge in [-0.15, -0.1) is 0 Å². The van der Waals surface area contributed by atoms with Gasteiger partial charge >= 0.3 is 5.97 Å². The fourth-order valence-corrected chi connectivity index (χ4v) is 2.70.